The first-order valence-electron chi connectivity index (χ1n) is 6.06. The Morgan fingerprint density at radius 3 is 2.28 bits per heavy atom. The van der Waals surface area contributed by atoms with E-state index in [2.05, 4.69) is 6.58 Å². The minimum atomic E-state index is 0.594. The molecule has 3 nitrogen and oxygen atoms in total. The zero-order valence-corrected chi connectivity index (χ0v) is 10.1. The van der Waals surface area contributed by atoms with Crippen molar-refractivity contribution in [2.45, 2.75) is 12.8 Å². The predicted octanol–water partition coefficient (Wildman–Crippen LogP) is 3.41. The Morgan fingerprint density at radius 2 is 1.67 bits per heavy atom. The first-order chi connectivity index (χ1) is 8.86. The van der Waals surface area contributed by atoms with E-state index in [9.17, 15) is 0 Å². The molecule has 3 rings (SSSR count). The number of benzene rings is 1. The third kappa shape index (κ3) is 1.48. The van der Waals surface area contributed by atoms with Crippen LogP contribution in [0.25, 0.3) is 21.9 Å². The summed E-state index contributed by atoms with van der Waals surface area (Å²) in [6.07, 6.45) is 6.87. The van der Waals surface area contributed by atoms with Gasteiger partial charge >= 0.3 is 0 Å². The summed E-state index contributed by atoms with van der Waals surface area (Å²) in [6, 6.07) is 3.96. The van der Waals surface area contributed by atoms with E-state index in [1.807, 2.05) is 18.2 Å². The van der Waals surface area contributed by atoms with E-state index >= 15 is 0 Å². The van der Waals surface area contributed by atoms with Crippen LogP contribution >= 0.6 is 0 Å². The maximum Gasteiger partial charge on any atom is 0.138 e. The molecule has 0 bridgehead atoms. The maximum atomic E-state index is 5.69. The fourth-order valence-electron chi connectivity index (χ4n) is 2.55. The number of allylic oxidation sites excluding steroid dienone is 1. The van der Waals surface area contributed by atoms with Crippen LogP contribution in [-0.4, -0.2) is 6.54 Å². The van der Waals surface area contributed by atoms with E-state index in [0.29, 0.717) is 6.54 Å². The molecule has 0 spiro atoms. The first-order valence-corrected chi connectivity index (χ1v) is 6.06. The molecule has 1 aromatic carbocycles. The molecule has 0 saturated heterocycles. The van der Waals surface area contributed by atoms with E-state index in [-0.39, 0.29) is 0 Å². The molecule has 2 N–H and O–H groups in total. The van der Waals surface area contributed by atoms with E-state index in [4.69, 9.17) is 14.6 Å². The molecule has 0 atom stereocenters. The highest BCUT2D eigenvalue weighted by Crippen LogP contribution is 2.34. The van der Waals surface area contributed by atoms with Gasteiger partial charge in [-0.2, -0.15) is 0 Å². The van der Waals surface area contributed by atoms with Crippen molar-refractivity contribution in [2.24, 2.45) is 5.73 Å². The van der Waals surface area contributed by atoms with Crippen LogP contribution in [0.2, 0.25) is 0 Å². The Bertz CT molecular complexity index is 654. The Hall–Kier alpha value is -2.00. The molecule has 0 radical (unpaired) electrons. The van der Waals surface area contributed by atoms with Gasteiger partial charge in [-0.25, -0.2) is 0 Å². The molecule has 0 aliphatic rings. The number of hydrogen-bond acceptors (Lipinski definition) is 3. The lowest BCUT2D eigenvalue weighted by Gasteiger charge is -2.07. The quantitative estimate of drug-likeness (QED) is 0.712. The van der Waals surface area contributed by atoms with E-state index in [1.54, 1.807) is 12.5 Å². The molecule has 3 aromatic rings. The van der Waals surface area contributed by atoms with Crippen LogP contribution in [0.4, 0.5) is 0 Å². The summed E-state index contributed by atoms with van der Waals surface area (Å²) in [4.78, 5) is 0. The second-order valence-electron chi connectivity index (χ2n) is 4.32. The highest BCUT2D eigenvalue weighted by atomic mass is 16.3. The van der Waals surface area contributed by atoms with E-state index in [1.165, 1.54) is 0 Å². The highest BCUT2D eigenvalue weighted by Gasteiger charge is 2.17. The molecule has 2 heterocycles. The minimum Gasteiger partial charge on any atom is -0.464 e. The normalized spacial score (nSPS) is 11.4. The van der Waals surface area contributed by atoms with Gasteiger partial charge in [-0.05, 0) is 31.5 Å². The number of furan rings is 2. The summed E-state index contributed by atoms with van der Waals surface area (Å²) in [5, 5.41) is 2.19. The smallest absolute Gasteiger partial charge is 0.138 e. The summed E-state index contributed by atoms with van der Waals surface area (Å²) >= 11 is 0. The molecule has 0 unspecified atom stereocenters. The predicted molar refractivity (Wildman–Crippen MR) is 72.6 cm³/mol. The Morgan fingerprint density at radius 1 is 1.06 bits per heavy atom. The standard InChI is InChI=1S/C15H15NO2/c1-2-3-10-12-5-8-18-15(12)11(4-7-16)13-6-9-17-14(10)13/h2,5-6,8-9H,1,3-4,7,16H2. The summed E-state index contributed by atoms with van der Waals surface area (Å²) < 4.78 is 11.3. The van der Waals surface area contributed by atoms with Crippen LogP contribution in [-0.2, 0) is 12.8 Å². The average molecular weight is 241 g/mol. The molecule has 0 amide bonds. The van der Waals surface area contributed by atoms with Gasteiger partial charge in [0.05, 0.1) is 12.5 Å². The monoisotopic (exact) mass is 241 g/mol. The number of fused-ring (bicyclic) bond motifs is 2. The maximum absolute atomic E-state index is 5.69. The SMILES string of the molecule is C=CCc1c2ccoc2c(CCN)c2ccoc12. The molecule has 0 aliphatic carbocycles. The lowest BCUT2D eigenvalue weighted by Crippen LogP contribution is -2.03. The fraction of sp³-hybridized carbons (Fsp3) is 0.200. The zero-order chi connectivity index (χ0) is 12.5. The van der Waals surface area contributed by atoms with Gasteiger partial charge in [0.15, 0.2) is 0 Å². The summed E-state index contributed by atoms with van der Waals surface area (Å²) in [5.41, 5.74) is 9.80. The van der Waals surface area contributed by atoms with E-state index in [0.717, 1.165) is 45.9 Å². The van der Waals surface area contributed by atoms with E-state index < -0.39 is 0 Å². The lowest BCUT2D eigenvalue weighted by atomic mass is 9.98. The molecule has 18 heavy (non-hydrogen) atoms. The van der Waals surface area contributed by atoms with Gasteiger partial charge in [-0.3, -0.25) is 0 Å². The molecule has 2 aromatic heterocycles. The van der Waals surface area contributed by atoms with Crippen molar-refractivity contribution in [3.8, 4) is 0 Å². The third-order valence-corrected chi connectivity index (χ3v) is 3.27. The van der Waals surface area contributed by atoms with Crippen molar-refractivity contribution in [3.63, 3.8) is 0 Å². The van der Waals surface area contributed by atoms with Gasteiger partial charge in [0.25, 0.3) is 0 Å². The van der Waals surface area contributed by atoms with Crippen LogP contribution in [0.5, 0.6) is 0 Å². The van der Waals surface area contributed by atoms with Crippen molar-refractivity contribution < 1.29 is 8.83 Å². The van der Waals surface area contributed by atoms with Gasteiger partial charge in [-0.1, -0.05) is 6.08 Å². The zero-order valence-electron chi connectivity index (χ0n) is 10.1. The lowest BCUT2D eigenvalue weighted by molar-refractivity contribution is 0.607. The van der Waals surface area contributed by atoms with Crippen molar-refractivity contribution in [3.05, 3.63) is 48.4 Å². The minimum absolute atomic E-state index is 0.594. The van der Waals surface area contributed by atoms with Crippen LogP contribution < -0.4 is 5.73 Å². The van der Waals surface area contributed by atoms with Gasteiger partial charge in [0.2, 0.25) is 0 Å². The molecular weight excluding hydrogens is 226 g/mol. The molecular formula is C15H15NO2. The van der Waals surface area contributed by atoms with Crippen molar-refractivity contribution in [1.29, 1.82) is 0 Å². The largest absolute Gasteiger partial charge is 0.464 e. The van der Waals surface area contributed by atoms with Crippen molar-refractivity contribution in [1.82, 2.24) is 0 Å². The van der Waals surface area contributed by atoms with Crippen LogP contribution in [0, 0.1) is 0 Å². The van der Waals surface area contributed by atoms with Gasteiger partial charge in [0.1, 0.15) is 11.2 Å². The van der Waals surface area contributed by atoms with Crippen LogP contribution in [0.3, 0.4) is 0 Å². The van der Waals surface area contributed by atoms with Gasteiger partial charge < -0.3 is 14.6 Å². The number of rotatable bonds is 4. The molecule has 92 valence electrons. The van der Waals surface area contributed by atoms with Gasteiger partial charge in [0, 0.05) is 21.9 Å². The molecule has 0 saturated carbocycles. The number of nitrogens with two attached hydrogens (primary N) is 1. The Kier molecular flexibility index (Phi) is 2.68. The molecule has 3 heteroatoms. The number of hydrogen-bond donors (Lipinski definition) is 1. The van der Waals surface area contributed by atoms with Crippen molar-refractivity contribution in [2.75, 3.05) is 6.54 Å². The Balaban J connectivity index is 2.44. The summed E-state index contributed by atoms with van der Waals surface area (Å²) in [7, 11) is 0. The summed E-state index contributed by atoms with van der Waals surface area (Å²) in [6.45, 7) is 4.40. The van der Waals surface area contributed by atoms with Crippen molar-refractivity contribution >= 4 is 21.9 Å². The molecule has 0 fully saturated rings. The molecule has 0 aliphatic heterocycles. The third-order valence-electron chi connectivity index (χ3n) is 3.27. The van der Waals surface area contributed by atoms with Gasteiger partial charge in [-0.15, -0.1) is 6.58 Å². The second-order valence-corrected chi connectivity index (χ2v) is 4.32. The average Bonchev–Trinajstić information content (AvgIpc) is 3.01. The summed E-state index contributed by atoms with van der Waals surface area (Å²) in [5.74, 6) is 0. The van der Waals surface area contributed by atoms with Crippen LogP contribution in [0.15, 0.2) is 46.1 Å². The fourth-order valence-corrected chi connectivity index (χ4v) is 2.55. The highest BCUT2D eigenvalue weighted by molar-refractivity contribution is 6.01. The topological polar surface area (TPSA) is 52.3 Å². The Labute approximate surface area is 105 Å². The first kappa shape index (κ1) is 11.1. The van der Waals surface area contributed by atoms with Crippen LogP contribution in [0.1, 0.15) is 11.1 Å². The second kappa shape index (κ2) is 4.35.